The van der Waals surface area contributed by atoms with Crippen molar-refractivity contribution in [1.29, 1.82) is 0 Å². The molecule has 1 unspecified atom stereocenters. The molecule has 0 aliphatic heterocycles. The molecule has 0 fully saturated rings. The lowest BCUT2D eigenvalue weighted by molar-refractivity contribution is -0.117. The Morgan fingerprint density at radius 3 is 2.38 bits per heavy atom. The van der Waals surface area contributed by atoms with Crippen LogP contribution in [0, 0.1) is 6.92 Å². The topological polar surface area (TPSA) is 59.1 Å². The second-order valence-electron chi connectivity index (χ2n) is 4.80. The van der Waals surface area contributed by atoms with E-state index in [4.69, 9.17) is 11.6 Å². The molecule has 0 aliphatic rings. The number of hydrogen-bond acceptors (Lipinski definition) is 3. The van der Waals surface area contributed by atoms with E-state index in [9.17, 15) is 9.59 Å². The zero-order valence-corrected chi connectivity index (χ0v) is 12.5. The van der Waals surface area contributed by atoms with Gasteiger partial charge in [-0.05, 0) is 25.5 Å². The van der Waals surface area contributed by atoms with Crippen molar-refractivity contribution in [3.63, 3.8) is 0 Å². The number of hydrogen-bond donors (Lipinski definition) is 1. The molecule has 0 saturated heterocycles. The first-order valence-corrected chi connectivity index (χ1v) is 6.88. The highest BCUT2D eigenvalue weighted by molar-refractivity contribution is 6.42. The molecular weight excluding hydrogens is 288 g/mol. The lowest BCUT2D eigenvalue weighted by atomic mass is 10.1. The van der Waals surface area contributed by atoms with Crippen LogP contribution in [0.4, 0.5) is 0 Å². The first-order valence-electron chi connectivity index (χ1n) is 6.50. The van der Waals surface area contributed by atoms with Gasteiger partial charge in [-0.2, -0.15) is 0 Å². The van der Waals surface area contributed by atoms with Gasteiger partial charge in [-0.3, -0.25) is 9.59 Å². The van der Waals surface area contributed by atoms with Crippen molar-refractivity contribution in [2.75, 3.05) is 0 Å². The van der Waals surface area contributed by atoms with Gasteiger partial charge in [0.25, 0.3) is 5.91 Å². The van der Waals surface area contributed by atoms with E-state index in [-0.39, 0.29) is 6.04 Å². The summed E-state index contributed by atoms with van der Waals surface area (Å²) in [4.78, 5) is 27.9. The van der Waals surface area contributed by atoms with Crippen molar-refractivity contribution in [2.45, 2.75) is 19.9 Å². The number of benzene rings is 1. The van der Waals surface area contributed by atoms with E-state index in [0.717, 1.165) is 11.1 Å². The highest BCUT2D eigenvalue weighted by Gasteiger charge is 2.18. The number of nitrogens with zero attached hydrogens (tertiary/aromatic N) is 1. The third kappa shape index (κ3) is 3.89. The number of Topliss-reactive ketones (excluding diaryl/α,β-unsaturated/α-hetero) is 1. The minimum Gasteiger partial charge on any atom is -0.343 e. The molecule has 1 heterocycles. The van der Waals surface area contributed by atoms with Crippen molar-refractivity contribution in [1.82, 2.24) is 10.3 Å². The zero-order chi connectivity index (χ0) is 15.4. The lowest BCUT2D eigenvalue weighted by Gasteiger charge is -2.13. The molecule has 0 spiro atoms. The van der Waals surface area contributed by atoms with Crippen LogP contribution in [0.5, 0.6) is 0 Å². The second-order valence-corrected chi connectivity index (χ2v) is 5.19. The molecule has 2 aromatic rings. The van der Waals surface area contributed by atoms with E-state index in [1.165, 1.54) is 0 Å². The van der Waals surface area contributed by atoms with E-state index in [0.29, 0.717) is 10.7 Å². The van der Waals surface area contributed by atoms with Crippen LogP contribution >= 0.6 is 11.6 Å². The Morgan fingerprint density at radius 1 is 1.14 bits per heavy atom. The van der Waals surface area contributed by atoms with Gasteiger partial charge in [-0.25, -0.2) is 4.98 Å². The van der Waals surface area contributed by atoms with Gasteiger partial charge >= 0.3 is 0 Å². The first kappa shape index (κ1) is 15.2. The minimum absolute atomic E-state index is 0.323. The number of nitrogens with one attached hydrogen (secondary N) is 1. The quantitative estimate of drug-likeness (QED) is 0.536. The SMILES string of the molecule is Cc1ccc(C(=O)C(=O)NC(C)c2ccc(Cl)nc2)cc1. The molecule has 1 aromatic carbocycles. The fourth-order valence-corrected chi connectivity index (χ4v) is 1.94. The summed E-state index contributed by atoms with van der Waals surface area (Å²) in [5.41, 5.74) is 2.19. The first-order chi connectivity index (χ1) is 9.97. The average Bonchev–Trinajstić information content (AvgIpc) is 2.47. The van der Waals surface area contributed by atoms with Gasteiger partial charge < -0.3 is 5.32 Å². The molecule has 0 radical (unpaired) electrons. The van der Waals surface area contributed by atoms with Gasteiger partial charge in [0, 0.05) is 11.8 Å². The number of pyridine rings is 1. The van der Waals surface area contributed by atoms with Gasteiger partial charge in [0.1, 0.15) is 5.15 Å². The molecule has 1 amide bonds. The van der Waals surface area contributed by atoms with Crippen molar-refractivity contribution >= 4 is 23.3 Å². The number of aryl methyl sites for hydroxylation is 1. The zero-order valence-electron chi connectivity index (χ0n) is 11.8. The fraction of sp³-hybridized carbons (Fsp3) is 0.188. The molecule has 0 bridgehead atoms. The molecule has 108 valence electrons. The predicted octanol–water partition coefficient (Wildman–Crippen LogP) is 3.10. The van der Waals surface area contributed by atoms with Gasteiger partial charge in [0.2, 0.25) is 5.78 Å². The normalized spacial score (nSPS) is 11.8. The predicted molar refractivity (Wildman–Crippen MR) is 81.3 cm³/mol. The van der Waals surface area contributed by atoms with Gasteiger partial charge in [0.15, 0.2) is 0 Å². The van der Waals surface area contributed by atoms with Gasteiger partial charge in [-0.1, -0.05) is 47.5 Å². The summed E-state index contributed by atoms with van der Waals surface area (Å²) in [5, 5.41) is 3.04. The monoisotopic (exact) mass is 302 g/mol. The number of amides is 1. The minimum atomic E-state index is -0.638. The Kier molecular flexibility index (Phi) is 4.70. The van der Waals surface area contributed by atoms with Crippen molar-refractivity contribution in [3.8, 4) is 0 Å². The Bertz CT molecular complexity index is 651. The van der Waals surface area contributed by atoms with E-state index in [2.05, 4.69) is 10.3 Å². The molecular formula is C16H15ClN2O2. The standard InChI is InChI=1S/C16H15ClN2O2/c1-10-3-5-12(6-4-10)15(20)16(21)19-11(2)13-7-8-14(17)18-9-13/h3-9,11H,1-2H3,(H,19,21). The summed E-state index contributed by atoms with van der Waals surface area (Å²) in [5.74, 6) is -1.19. The number of halogens is 1. The van der Waals surface area contributed by atoms with E-state index in [1.807, 2.05) is 6.92 Å². The van der Waals surface area contributed by atoms with Crippen LogP contribution in [0.3, 0.4) is 0 Å². The second kappa shape index (κ2) is 6.50. The molecule has 1 atom stereocenters. The molecule has 0 saturated carbocycles. The van der Waals surface area contributed by atoms with Crippen LogP contribution in [-0.2, 0) is 4.79 Å². The van der Waals surface area contributed by atoms with Crippen LogP contribution in [0.15, 0.2) is 42.6 Å². The summed E-state index contributed by atoms with van der Waals surface area (Å²) in [6, 6.07) is 9.96. The van der Waals surface area contributed by atoms with Gasteiger partial charge in [0.05, 0.1) is 6.04 Å². The number of ketones is 1. The summed E-state index contributed by atoms with van der Waals surface area (Å²) in [6.45, 7) is 3.70. The summed E-state index contributed by atoms with van der Waals surface area (Å²) >= 11 is 5.71. The van der Waals surface area contributed by atoms with Crippen molar-refractivity contribution in [3.05, 3.63) is 64.4 Å². The maximum atomic E-state index is 12.0. The Morgan fingerprint density at radius 2 is 1.81 bits per heavy atom. The lowest BCUT2D eigenvalue weighted by Crippen LogP contribution is -2.33. The number of rotatable bonds is 4. The van der Waals surface area contributed by atoms with Crippen LogP contribution in [0.1, 0.15) is 34.5 Å². The molecule has 1 N–H and O–H groups in total. The molecule has 0 aliphatic carbocycles. The largest absolute Gasteiger partial charge is 0.343 e. The van der Waals surface area contributed by atoms with Crippen LogP contribution in [-0.4, -0.2) is 16.7 Å². The molecule has 1 aromatic heterocycles. The summed E-state index contributed by atoms with van der Waals surface area (Å²) in [6.07, 6.45) is 1.57. The molecule has 5 heteroatoms. The van der Waals surface area contributed by atoms with Crippen LogP contribution in [0.2, 0.25) is 5.15 Å². The van der Waals surface area contributed by atoms with Crippen LogP contribution < -0.4 is 5.32 Å². The van der Waals surface area contributed by atoms with E-state index in [1.54, 1.807) is 49.5 Å². The fourth-order valence-electron chi connectivity index (χ4n) is 1.82. The average molecular weight is 303 g/mol. The maximum Gasteiger partial charge on any atom is 0.292 e. The molecule has 2 rings (SSSR count). The maximum absolute atomic E-state index is 12.0. The number of aromatic nitrogens is 1. The third-order valence-electron chi connectivity index (χ3n) is 3.12. The smallest absolute Gasteiger partial charge is 0.292 e. The molecule has 21 heavy (non-hydrogen) atoms. The van der Waals surface area contributed by atoms with Crippen LogP contribution in [0.25, 0.3) is 0 Å². The Hall–Kier alpha value is -2.20. The summed E-state index contributed by atoms with van der Waals surface area (Å²) in [7, 11) is 0. The van der Waals surface area contributed by atoms with Crippen molar-refractivity contribution in [2.24, 2.45) is 0 Å². The van der Waals surface area contributed by atoms with E-state index < -0.39 is 11.7 Å². The van der Waals surface area contributed by atoms with Gasteiger partial charge in [-0.15, -0.1) is 0 Å². The van der Waals surface area contributed by atoms with Crippen molar-refractivity contribution < 1.29 is 9.59 Å². The number of carbonyl (C=O) groups excluding carboxylic acids is 2. The molecule has 4 nitrogen and oxygen atoms in total. The Balaban J connectivity index is 2.05. The van der Waals surface area contributed by atoms with E-state index >= 15 is 0 Å². The summed E-state index contributed by atoms with van der Waals surface area (Å²) < 4.78 is 0. The Labute approximate surface area is 128 Å². The third-order valence-corrected chi connectivity index (χ3v) is 3.34. The highest BCUT2D eigenvalue weighted by Crippen LogP contribution is 2.14. The number of carbonyl (C=O) groups is 2. The highest BCUT2D eigenvalue weighted by atomic mass is 35.5.